The van der Waals surface area contributed by atoms with Crippen molar-refractivity contribution in [2.75, 3.05) is 6.54 Å². The summed E-state index contributed by atoms with van der Waals surface area (Å²) in [6.07, 6.45) is 3.97. The second kappa shape index (κ2) is 8.16. The summed E-state index contributed by atoms with van der Waals surface area (Å²) in [6.45, 7) is 3.36. The van der Waals surface area contributed by atoms with Gasteiger partial charge in [0.2, 0.25) is 0 Å². The molecule has 0 saturated carbocycles. The van der Waals surface area contributed by atoms with Gasteiger partial charge >= 0.3 is 5.82 Å². The maximum Gasteiger partial charge on any atom is 0.404 e. The van der Waals surface area contributed by atoms with Gasteiger partial charge in [-0.05, 0) is 52.4 Å². The lowest BCUT2D eigenvalue weighted by molar-refractivity contribution is -0.390. The van der Waals surface area contributed by atoms with E-state index in [1.54, 1.807) is 18.3 Å². The van der Waals surface area contributed by atoms with E-state index < -0.39 is 4.92 Å². The van der Waals surface area contributed by atoms with Crippen LogP contribution in [0, 0.1) is 17.0 Å². The van der Waals surface area contributed by atoms with Crippen molar-refractivity contribution in [3.63, 3.8) is 0 Å². The summed E-state index contributed by atoms with van der Waals surface area (Å²) < 4.78 is 9.03. The smallest absolute Gasteiger partial charge is 0.404 e. The summed E-state index contributed by atoms with van der Waals surface area (Å²) in [4.78, 5) is 22.4. The Balaban J connectivity index is 1.50. The van der Waals surface area contributed by atoms with Crippen LogP contribution >= 0.6 is 15.9 Å². The number of nitrogens with zero attached hydrogens (tertiary/aromatic N) is 5. The molecule has 0 aromatic carbocycles. The zero-order valence-electron chi connectivity index (χ0n) is 14.5. The van der Waals surface area contributed by atoms with Gasteiger partial charge in [0.15, 0.2) is 5.76 Å². The largest absolute Gasteiger partial charge is 0.454 e. The molecule has 0 aliphatic carbocycles. The number of aromatic nitrogens is 4. The molecule has 0 radical (unpaired) electrons. The van der Waals surface area contributed by atoms with Gasteiger partial charge in [-0.2, -0.15) is 9.78 Å². The van der Waals surface area contributed by atoms with E-state index in [0.717, 1.165) is 18.7 Å². The van der Waals surface area contributed by atoms with Crippen LogP contribution in [0.1, 0.15) is 28.4 Å². The molecular weight excluding hydrogens is 420 g/mol. The number of carbonyl (C=O) groups excluding carboxylic acids is 1. The van der Waals surface area contributed by atoms with Gasteiger partial charge in [0, 0.05) is 25.0 Å². The van der Waals surface area contributed by atoms with Crippen molar-refractivity contribution in [3.8, 4) is 0 Å². The first-order valence-corrected chi connectivity index (χ1v) is 8.96. The molecule has 0 aliphatic rings. The third-order valence-electron chi connectivity index (χ3n) is 3.84. The van der Waals surface area contributed by atoms with Gasteiger partial charge in [-0.1, -0.05) is 0 Å². The molecule has 11 heteroatoms. The molecule has 3 heterocycles. The van der Waals surface area contributed by atoms with Gasteiger partial charge in [-0.25, -0.2) is 0 Å². The predicted octanol–water partition coefficient (Wildman–Crippen LogP) is 2.52. The normalized spacial score (nSPS) is 10.9. The molecule has 0 atom stereocenters. The quantitative estimate of drug-likeness (QED) is 0.328. The van der Waals surface area contributed by atoms with Crippen molar-refractivity contribution in [2.45, 2.75) is 26.4 Å². The maximum atomic E-state index is 12.1. The highest BCUT2D eigenvalue weighted by molar-refractivity contribution is 9.10. The lowest BCUT2D eigenvalue weighted by atomic mass is 10.3. The second-order valence-corrected chi connectivity index (χ2v) is 6.68. The van der Waals surface area contributed by atoms with Crippen LogP contribution in [0.15, 0.2) is 39.5 Å². The minimum absolute atomic E-state index is 0.179. The monoisotopic (exact) mass is 436 g/mol. The molecule has 3 aromatic heterocycles. The van der Waals surface area contributed by atoms with E-state index in [1.807, 2.05) is 17.7 Å². The Labute approximate surface area is 162 Å². The highest BCUT2D eigenvalue weighted by Gasteiger charge is 2.19. The lowest BCUT2D eigenvalue weighted by Crippen LogP contribution is -2.25. The lowest BCUT2D eigenvalue weighted by Gasteiger charge is -2.05. The molecule has 1 amide bonds. The summed E-state index contributed by atoms with van der Waals surface area (Å²) in [5.41, 5.74) is 1.07. The zero-order chi connectivity index (χ0) is 19.4. The summed E-state index contributed by atoms with van der Waals surface area (Å²) in [6, 6.07) is 5.13. The topological polar surface area (TPSA) is 121 Å². The number of hydrogen-bond acceptors (Lipinski definition) is 6. The number of rotatable bonds is 8. The van der Waals surface area contributed by atoms with Crippen molar-refractivity contribution in [1.29, 1.82) is 0 Å². The first kappa shape index (κ1) is 18.8. The van der Waals surface area contributed by atoms with Crippen molar-refractivity contribution in [3.05, 3.63) is 62.4 Å². The highest BCUT2D eigenvalue weighted by atomic mass is 79.9. The minimum atomic E-state index is -0.577. The fraction of sp³-hybridized carbons (Fsp3) is 0.312. The molecule has 142 valence electrons. The Bertz CT molecular complexity index is 960. The Morgan fingerprint density at radius 2 is 2.22 bits per heavy atom. The van der Waals surface area contributed by atoms with E-state index in [2.05, 4.69) is 31.4 Å². The molecule has 10 nitrogen and oxygen atoms in total. The fourth-order valence-electron chi connectivity index (χ4n) is 2.49. The van der Waals surface area contributed by atoms with Crippen LogP contribution < -0.4 is 5.32 Å². The van der Waals surface area contributed by atoms with Crippen LogP contribution in [0.25, 0.3) is 0 Å². The Morgan fingerprint density at radius 1 is 1.41 bits per heavy atom. The van der Waals surface area contributed by atoms with Gasteiger partial charge < -0.3 is 19.8 Å². The Morgan fingerprint density at radius 3 is 2.89 bits per heavy atom. The number of amides is 1. The Kier molecular flexibility index (Phi) is 5.69. The first-order valence-electron chi connectivity index (χ1n) is 8.16. The number of nitro groups is 1. The second-order valence-electron chi connectivity index (χ2n) is 5.83. The van der Waals surface area contributed by atoms with Crippen molar-refractivity contribution in [1.82, 2.24) is 24.9 Å². The van der Waals surface area contributed by atoms with Crippen LogP contribution in [-0.4, -0.2) is 36.9 Å². The molecule has 0 bridgehead atoms. The van der Waals surface area contributed by atoms with E-state index in [1.165, 1.54) is 10.9 Å². The molecule has 27 heavy (non-hydrogen) atoms. The average molecular weight is 437 g/mol. The van der Waals surface area contributed by atoms with E-state index in [0.29, 0.717) is 12.3 Å². The molecule has 1 N–H and O–H groups in total. The van der Waals surface area contributed by atoms with E-state index >= 15 is 0 Å². The number of carbonyl (C=O) groups is 1. The van der Waals surface area contributed by atoms with Crippen LogP contribution in [0.3, 0.4) is 0 Å². The minimum Gasteiger partial charge on any atom is -0.454 e. The van der Waals surface area contributed by atoms with Gasteiger partial charge in [-0.15, -0.1) is 0 Å². The van der Waals surface area contributed by atoms with Gasteiger partial charge in [0.25, 0.3) is 5.91 Å². The molecule has 3 rings (SSSR count). The van der Waals surface area contributed by atoms with Crippen LogP contribution in [0.2, 0.25) is 0 Å². The third kappa shape index (κ3) is 4.61. The third-order valence-corrected chi connectivity index (χ3v) is 4.40. The number of halogens is 1. The van der Waals surface area contributed by atoms with E-state index in [4.69, 9.17) is 4.42 Å². The average Bonchev–Trinajstić information content (AvgIpc) is 3.33. The summed E-state index contributed by atoms with van der Waals surface area (Å²) in [5.74, 6) is 0.0659. The van der Waals surface area contributed by atoms with Crippen LogP contribution in [0.5, 0.6) is 0 Å². The van der Waals surface area contributed by atoms with Gasteiger partial charge in [0.05, 0.1) is 11.3 Å². The summed E-state index contributed by atoms with van der Waals surface area (Å²) in [5, 5.41) is 21.6. The van der Waals surface area contributed by atoms with E-state index in [9.17, 15) is 14.9 Å². The molecule has 0 saturated heterocycles. The van der Waals surface area contributed by atoms with Crippen LogP contribution in [0.4, 0.5) is 5.82 Å². The first-order chi connectivity index (χ1) is 12.9. The molecule has 0 fully saturated rings. The number of hydrogen-bond donors (Lipinski definition) is 1. The summed E-state index contributed by atoms with van der Waals surface area (Å²) in [7, 11) is 0. The van der Waals surface area contributed by atoms with Crippen molar-refractivity contribution < 1.29 is 14.1 Å². The van der Waals surface area contributed by atoms with Gasteiger partial charge in [0.1, 0.15) is 16.8 Å². The molecule has 3 aromatic rings. The number of furan rings is 1. The predicted molar refractivity (Wildman–Crippen MR) is 98.3 cm³/mol. The number of nitrogens with one attached hydrogen (secondary N) is 1. The standard InChI is InChI=1S/C16H17BrN6O4/c1-11-5-7-19-22(11)8-2-6-18-16(24)14-4-3-12(27-14)9-21-10-13(17)15(20-21)23(25)26/h3-5,7,10H,2,6,8-9H2,1H3,(H,18,24). The fourth-order valence-corrected chi connectivity index (χ4v) is 2.95. The van der Waals surface area contributed by atoms with Gasteiger partial charge in [-0.3, -0.25) is 9.48 Å². The molecule has 0 spiro atoms. The highest BCUT2D eigenvalue weighted by Crippen LogP contribution is 2.22. The van der Waals surface area contributed by atoms with Crippen molar-refractivity contribution in [2.24, 2.45) is 0 Å². The van der Waals surface area contributed by atoms with Crippen LogP contribution in [-0.2, 0) is 13.1 Å². The van der Waals surface area contributed by atoms with Crippen molar-refractivity contribution >= 4 is 27.7 Å². The van der Waals surface area contributed by atoms with E-state index in [-0.39, 0.29) is 28.5 Å². The summed E-state index contributed by atoms with van der Waals surface area (Å²) >= 11 is 3.09. The molecular formula is C16H17BrN6O4. The molecule has 0 aliphatic heterocycles. The maximum absolute atomic E-state index is 12.1. The SMILES string of the molecule is Cc1ccnn1CCCNC(=O)c1ccc(Cn2cc(Br)c([N+](=O)[O-])n2)o1. The Hall–Kier alpha value is -2.95. The zero-order valence-corrected chi connectivity index (χ0v) is 16.0. The number of aryl methyl sites for hydroxylation is 2. The molecule has 0 unspecified atom stereocenters.